The number of carbonyl (C=O) groups is 3. The van der Waals surface area contributed by atoms with Gasteiger partial charge < -0.3 is 59.7 Å². The summed E-state index contributed by atoms with van der Waals surface area (Å²) in [5.74, 6) is 3.18. The summed E-state index contributed by atoms with van der Waals surface area (Å²) in [6.07, 6.45) is 7.87. The summed E-state index contributed by atoms with van der Waals surface area (Å²) in [5, 5.41) is 4.99. The van der Waals surface area contributed by atoms with Crippen LogP contribution in [0.3, 0.4) is 0 Å². The van der Waals surface area contributed by atoms with Crippen molar-refractivity contribution in [2.24, 2.45) is 5.92 Å². The maximum atomic E-state index is 12.0. The smallest absolute Gasteiger partial charge is 0.410 e. The minimum absolute atomic E-state index is 0.123. The fourth-order valence-corrected chi connectivity index (χ4v) is 12.1. The standard InChI is InChI=1S/C30H40N6O3.C22H26N4O2S.2C12H17NO2/c1-4-5-14-38-23-15-22-8-6-7-9-24(22)27(16-23)36-13-11-25-26(18-36)32-30(33-29(25)31)39-20-21-10-12-35(17-21)19-28(37)34(2)3;1-3-4-11-28-16-12-15-7-5-6-8-17(15)20(13-16)26-10-9-18-19(14-26)24-22(29(2)27)25-21(18)23;2*1-3-13(4-2)12(14)15-10-11-8-6-5-7-9-11/h6-9,15-16,21H,4-5,10-14,17-20H2,1-3H3,(H2,31,32,33);5-8,12-13H,3-4,9-11,14H2,1-2H3,(H2,23,24,25);2*5-9H,3-4,10H2,1-2H3. The molecule has 8 aromatic rings. The lowest BCUT2D eigenvalue weighted by Crippen LogP contribution is -2.35. The van der Waals surface area contributed by atoms with E-state index in [-0.39, 0.29) is 18.1 Å². The van der Waals surface area contributed by atoms with Gasteiger partial charge in [0.1, 0.15) is 36.3 Å². The predicted molar refractivity (Wildman–Crippen MR) is 391 cm³/mol. The number of unbranched alkanes of at least 4 members (excludes halogenated alkanes) is 2. The number of anilines is 4. The number of hydrogen-bond acceptors (Lipinski definition) is 18. The number of rotatable bonds is 24. The fourth-order valence-electron chi connectivity index (χ4n) is 11.7. The van der Waals surface area contributed by atoms with Crippen LogP contribution in [0.25, 0.3) is 21.5 Å². The first-order chi connectivity index (χ1) is 47.5. The zero-order chi connectivity index (χ0) is 69.9. The van der Waals surface area contributed by atoms with Crippen LogP contribution in [0.5, 0.6) is 17.5 Å². The van der Waals surface area contributed by atoms with Gasteiger partial charge in [0, 0.05) is 117 Å². The monoisotopic (exact) mass is 1360 g/mol. The van der Waals surface area contributed by atoms with Crippen LogP contribution in [0, 0.1) is 5.92 Å². The summed E-state index contributed by atoms with van der Waals surface area (Å²) in [7, 11) is 2.32. The Morgan fingerprint density at radius 2 is 1.03 bits per heavy atom. The minimum Gasteiger partial charge on any atom is -0.493 e. The summed E-state index contributed by atoms with van der Waals surface area (Å²) in [4.78, 5) is 64.8. The zero-order valence-electron chi connectivity index (χ0n) is 58.8. The van der Waals surface area contributed by atoms with Crippen molar-refractivity contribution in [1.82, 2.24) is 39.5 Å². The molecule has 1 fully saturated rings. The Morgan fingerprint density at radius 1 is 0.571 bits per heavy atom. The molecule has 3 aliphatic heterocycles. The molecule has 5 heterocycles. The number of nitrogens with zero attached hydrogens (tertiary/aromatic N) is 10. The van der Waals surface area contributed by atoms with Crippen molar-refractivity contribution in [3.8, 4) is 17.5 Å². The van der Waals surface area contributed by atoms with Crippen molar-refractivity contribution in [2.75, 3.05) is 120 Å². The number of nitrogens with two attached hydrogens (primary N) is 2. The third-order valence-electron chi connectivity index (χ3n) is 17.4. The van der Waals surface area contributed by atoms with E-state index in [0.29, 0.717) is 108 Å². The molecule has 524 valence electrons. The quantitative estimate of drug-likeness (QED) is 0.0422. The van der Waals surface area contributed by atoms with E-state index >= 15 is 0 Å². The molecule has 0 saturated carbocycles. The number of fused-ring (bicyclic) bond motifs is 4. The lowest BCUT2D eigenvalue weighted by atomic mass is 10.0. The maximum absolute atomic E-state index is 12.0. The molecular formula is C76H100N12O9S. The van der Waals surface area contributed by atoms with Crippen LogP contribution in [0.2, 0.25) is 0 Å². The van der Waals surface area contributed by atoms with Gasteiger partial charge in [0.2, 0.25) is 11.1 Å². The molecule has 11 rings (SSSR count). The van der Waals surface area contributed by atoms with E-state index in [0.717, 1.165) is 138 Å². The number of ether oxygens (including phenoxy) is 5. The Balaban J connectivity index is 0.000000181. The first kappa shape index (κ1) is 74.5. The SMILES string of the molecule is CCCCOc1cc(N2CCc3c(N)nc(OCC4CCN(CC(=O)N(C)C)C4)nc3C2)c2ccccc2c1.CCCCOc1cc(N2CCc3c(N)nc(S(C)=O)nc3C2)c2ccccc2c1.CCN(CC)C(=O)OCc1ccccc1.CCN(CC)C(=O)OCc1ccccc1. The number of carbonyl (C=O) groups excluding carboxylic acids is 3. The Bertz CT molecular complexity index is 3820. The van der Waals surface area contributed by atoms with Gasteiger partial charge in [0.05, 0.1) is 61.6 Å². The summed E-state index contributed by atoms with van der Waals surface area (Å²) in [6, 6.07) is 45.0. The van der Waals surface area contributed by atoms with E-state index in [1.165, 1.54) is 10.8 Å². The second kappa shape index (κ2) is 38.0. The molecule has 2 aromatic heterocycles. The van der Waals surface area contributed by atoms with E-state index in [4.69, 9.17) is 40.1 Å². The molecule has 1 saturated heterocycles. The van der Waals surface area contributed by atoms with E-state index in [1.807, 2.05) is 94.4 Å². The van der Waals surface area contributed by atoms with Crippen molar-refractivity contribution in [3.05, 3.63) is 167 Å². The zero-order valence-corrected chi connectivity index (χ0v) is 59.6. The van der Waals surface area contributed by atoms with Gasteiger partial charge in [0.15, 0.2) is 0 Å². The molecule has 0 aliphatic carbocycles. The van der Waals surface area contributed by atoms with Crippen molar-refractivity contribution in [3.63, 3.8) is 0 Å². The largest absolute Gasteiger partial charge is 0.493 e. The Kier molecular flexibility index (Phi) is 28.9. The number of benzene rings is 6. The van der Waals surface area contributed by atoms with Crippen LogP contribution < -0.4 is 35.5 Å². The van der Waals surface area contributed by atoms with Crippen molar-refractivity contribution < 1.29 is 42.3 Å². The van der Waals surface area contributed by atoms with Crippen LogP contribution in [-0.4, -0.2) is 161 Å². The van der Waals surface area contributed by atoms with Gasteiger partial charge in [0.25, 0.3) is 0 Å². The van der Waals surface area contributed by atoms with Crippen LogP contribution in [0.15, 0.2) is 139 Å². The average molecular weight is 1360 g/mol. The molecule has 21 nitrogen and oxygen atoms in total. The Labute approximate surface area is 581 Å². The summed E-state index contributed by atoms with van der Waals surface area (Å²) in [5.41, 5.74) is 20.5. The number of amides is 3. The van der Waals surface area contributed by atoms with Crippen molar-refractivity contribution in [2.45, 2.75) is 118 Å². The second-order valence-electron chi connectivity index (χ2n) is 24.6. The van der Waals surface area contributed by atoms with E-state index < -0.39 is 10.8 Å². The highest BCUT2D eigenvalue weighted by molar-refractivity contribution is 7.84. The topological polar surface area (TPSA) is 237 Å². The highest BCUT2D eigenvalue weighted by Crippen LogP contribution is 2.38. The fraction of sp³-hybridized carbons (Fsp3) is 0.434. The summed E-state index contributed by atoms with van der Waals surface area (Å²) < 4.78 is 40.4. The highest BCUT2D eigenvalue weighted by atomic mass is 32.2. The Morgan fingerprint density at radius 3 is 1.49 bits per heavy atom. The molecule has 3 aliphatic rings. The molecule has 2 atom stereocenters. The number of hydrogen-bond donors (Lipinski definition) is 2. The molecule has 6 aromatic carbocycles. The Hall–Kier alpha value is -9.28. The first-order valence-corrected chi connectivity index (χ1v) is 36.0. The number of nitrogen functional groups attached to an aromatic ring is 2. The lowest BCUT2D eigenvalue weighted by molar-refractivity contribution is -0.129. The molecule has 2 unspecified atom stereocenters. The van der Waals surface area contributed by atoms with Gasteiger partial charge in [-0.25, -0.2) is 19.6 Å². The van der Waals surface area contributed by atoms with Gasteiger partial charge in [-0.15, -0.1) is 0 Å². The molecule has 4 N–H and O–H groups in total. The molecule has 22 heteroatoms. The number of aromatic nitrogens is 4. The first-order valence-electron chi connectivity index (χ1n) is 34.4. The molecule has 0 spiro atoms. The van der Waals surface area contributed by atoms with Crippen LogP contribution in [-0.2, 0) is 64.2 Å². The molecule has 3 amide bonds. The van der Waals surface area contributed by atoms with E-state index in [2.05, 4.69) is 110 Å². The third-order valence-corrected chi connectivity index (χ3v) is 18.1. The molecule has 0 bridgehead atoms. The van der Waals surface area contributed by atoms with Crippen LogP contribution in [0.4, 0.5) is 32.6 Å². The minimum atomic E-state index is -1.26. The molecule has 98 heavy (non-hydrogen) atoms. The average Bonchev–Trinajstić information content (AvgIpc) is 0.854. The predicted octanol–water partition coefficient (Wildman–Crippen LogP) is 12.8. The van der Waals surface area contributed by atoms with Gasteiger partial charge >= 0.3 is 18.2 Å². The lowest BCUT2D eigenvalue weighted by Gasteiger charge is -2.31. The third kappa shape index (κ3) is 21.4. The highest BCUT2D eigenvalue weighted by Gasteiger charge is 2.29. The number of likely N-dealkylation sites (tertiary alicyclic amines) is 1. The second-order valence-corrected chi connectivity index (χ2v) is 25.8. The molecule has 0 radical (unpaired) electrons. The van der Waals surface area contributed by atoms with Gasteiger partial charge in [-0.1, -0.05) is 136 Å². The van der Waals surface area contributed by atoms with Crippen LogP contribution in [0.1, 0.15) is 107 Å². The van der Waals surface area contributed by atoms with Gasteiger partial charge in [-0.3, -0.25) is 13.9 Å². The van der Waals surface area contributed by atoms with Crippen molar-refractivity contribution in [1.29, 1.82) is 0 Å². The van der Waals surface area contributed by atoms with Crippen molar-refractivity contribution >= 4 is 73.4 Å². The van der Waals surface area contributed by atoms with E-state index in [9.17, 15) is 18.6 Å². The van der Waals surface area contributed by atoms with Gasteiger partial charge in [-0.2, -0.15) is 9.97 Å². The number of likely N-dealkylation sites (N-methyl/N-ethyl adjacent to an activating group) is 1. The van der Waals surface area contributed by atoms with E-state index in [1.54, 1.807) is 35.1 Å². The molecular weight excluding hydrogens is 1260 g/mol. The summed E-state index contributed by atoms with van der Waals surface area (Å²) >= 11 is 0. The normalized spacial score (nSPS) is 14.2. The van der Waals surface area contributed by atoms with Gasteiger partial charge in [-0.05, 0) is 100 Å². The summed E-state index contributed by atoms with van der Waals surface area (Å²) in [6.45, 7) is 22.5. The van der Waals surface area contributed by atoms with Crippen LogP contribution >= 0.6 is 0 Å². The maximum Gasteiger partial charge on any atom is 0.410 e.